The van der Waals surface area contributed by atoms with Crippen LogP contribution in [0.5, 0.6) is 17.2 Å². The third-order valence-electron chi connectivity index (χ3n) is 4.93. The molecule has 0 radical (unpaired) electrons. The predicted molar refractivity (Wildman–Crippen MR) is 119 cm³/mol. The SMILES string of the molecule is COc1ccc(C(C)(C)CNC(=O)c2csc(-c3ccccc3OC)n2)cc1OC. The zero-order valence-corrected chi connectivity index (χ0v) is 18.6. The predicted octanol–water partition coefficient (Wildman–Crippen LogP) is 4.54. The minimum absolute atomic E-state index is 0.207. The number of hydrogen-bond donors (Lipinski definition) is 1. The van der Waals surface area contributed by atoms with Crippen LogP contribution in [0.25, 0.3) is 10.6 Å². The van der Waals surface area contributed by atoms with Crippen LogP contribution < -0.4 is 19.5 Å². The molecule has 0 saturated carbocycles. The molecule has 0 aliphatic heterocycles. The second-order valence-electron chi connectivity index (χ2n) is 7.37. The second-order valence-corrected chi connectivity index (χ2v) is 8.23. The zero-order valence-electron chi connectivity index (χ0n) is 17.8. The molecule has 0 aliphatic rings. The molecule has 0 atom stereocenters. The normalized spacial score (nSPS) is 11.1. The Bertz CT molecular complexity index is 1030. The van der Waals surface area contributed by atoms with Crippen molar-refractivity contribution >= 4 is 17.2 Å². The van der Waals surface area contributed by atoms with E-state index in [9.17, 15) is 4.79 Å². The third-order valence-corrected chi connectivity index (χ3v) is 5.81. The number of nitrogens with zero attached hydrogens (tertiary/aromatic N) is 1. The molecule has 0 aliphatic carbocycles. The van der Waals surface area contributed by atoms with Crippen LogP contribution in [0.2, 0.25) is 0 Å². The van der Waals surface area contributed by atoms with Gasteiger partial charge in [0.25, 0.3) is 5.91 Å². The van der Waals surface area contributed by atoms with E-state index in [-0.39, 0.29) is 11.3 Å². The summed E-state index contributed by atoms with van der Waals surface area (Å²) in [5.74, 6) is 1.86. The molecule has 0 unspecified atom stereocenters. The molecular weight excluding hydrogens is 400 g/mol. The maximum absolute atomic E-state index is 12.7. The first-order valence-corrected chi connectivity index (χ1v) is 10.4. The molecule has 6 nitrogen and oxygen atoms in total. The molecule has 1 heterocycles. The highest BCUT2D eigenvalue weighted by Gasteiger charge is 2.24. The fourth-order valence-electron chi connectivity index (χ4n) is 3.07. The van der Waals surface area contributed by atoms with Gasteiger partial charge in [-0.15, -0.1) is 11.3 Å². The van der Waals surface area contributed by atoms with Crippen LogP contribution in [-0.4, -0.2) is 38.8 Å². The molecule has 2 aromatic carbocycles. The number of aromatic nitrogens is 1. The van der Waals surface area contributed by atoms with Crippen molar-refractivity contribution in [2.45, 2.75) is 19.3 Å². The molecule has 0 fully saturated rings. The first-order valence-electron chi connectivity index (χ1n) is 9.49. The Labute approximate surface area is 180 Å². The molecule has 0 spiro atoms. The van der Waals surface area contributed by atoms with E-state index in [1.807, 2.05) is 42.5 Å². The summed E-state index contributed by atoms with van der Waals surface area (Å²) in [6, 6.07) is 13.4. The van der Waals surface area contributed by atoms with E-state index < -0.39 is 0 Å². The number of nitrogens with one attached hydrogen (secondary N) is 1. The topological polar surface area (TPSA) is 69.7 Å². The summed E-state index contributed by atoms with van der Waals surface area (Å²) in [5, 5.41) is 5.51. The molecule has 1 amide bonds. The molecule has 7 heteroatoms. The van der Waals surface area contributed by atoms with Gasteiger partial charge < -0.3 is 19.5 Å². The Kier molecular flexibility index (Phi) is 6.62. The van der Waals surface area contributed by atoms with Gasteiger partial charge >= 0.3 is 0 Å². The molecule has 158 valence electrons. The number of para-hydroxylation sites is 1. The Morgan fingerprint density at radius 1 is 1.00 bits per heavy atom. The van der Waals surface area contributed by atoms with Crippen molar-refractivity contribution in [2.24, 2.45) is 0 Å². The van der Waals surface area contributed by atoms with Gasteiger partial charge in [0, 0.05) is 17.3 Å². The van der Waals surface area contributed by atoms with Crippen molar-refractivity contribution in [3.63, 3.8) is 0 Å². The zero-order chi connectivity index (χ0) is 21.7. The lowest BCUT2D eigenvalue weighted by molar-refractivity contribution is 0.0941. The summed E-state index contributed by atoms with van der Waals surface area (Å²) in [6.45, 7) is 4.58. The standard InChI is InChI=1S/C23H26N2O4S/c1-23(2,15-10-11-19(28-4)20(12-15)29-5)14-24-21(26)17-13-30-22(25-17)16-8-6-7-9-18(16)27-3/h6-13H,14H2,1-5H3,(H,24,26). The van der Waals surface area contributed by atoms with Gasteiger partial charge in [0.1, 0.15) is 16.5 Å². The number of carbonyl (C=O) groups is 1. The molecule has 1 aromatic heterocycles. The highest BCUT2D eigenvalue weighted by atomic mass is 32.1. The average Bonchev–Trinajstić information content (AvgIpc) is 3.27. The van der Waals surface area contributed by atoms with Crippen molar-refractivity contribution in [3.8, 4) is 27.8 Å². The Hall–Kier alpha value is -3.06. The fourth-order valence-corrected chi connectivity index (χ4v) is 3.90. The average molecular weight is 427 g/mol. The Morgan fingerprint density at radius 3 is 2.40 bits per heavy atom. The molecule has 3 aromatic rings. The van der Waals surface area contributed by atoms with Crippen LogP contribution in [0, 0.1) is 0 Å². The van der Waals surface area contributed by atoms with Crippen LogP contribution in [0.3, 0.4) is 0 Å². The van der Waals surface area contributed by atoms with Gasteiger partial charge in [-0.1, -0.05) is 32.0 Å². The number of methoxy groups -OCH3 is 3. The summed E-state index contributed by atoms with van der Waals surface area (Å²) in [5.41, 5.74) is 1.99. The van der Waals surface area contributed by atoms with E-state index in [0.29, 0.717) is 23.7 Å². The number of ether oxygens (including phenoxy) is 3. The smallest absolute Gasteiger partial charge is 0.270 e. The van der Waals surface area contributed by atoms with Crippen molar-refractivity contribution in [3.05, 3.63) is 59.1 Å². The van der Waals surface area contributed by atoms with Crippen molar-refractivity contribution in [1.29, 1.82) is 0 Å². The summed E-state index contributed by atoms with van der Waals surface area (Å²) >= 11 is 1.42. The quantitative estimate of drug-likeness (QED) is 0.573. The van der Waals surface area contributed by atoms with Crippen LogP contribution >= 0.6 is 11.3 Å². The number of amides is 1. The highest BCUT2D eigenvalue weighted by Crippen LogP contribution is 2.34. The van der Waals surface area contributed by atoms with E-state index >= 15 is 0 Å². The van der Waals surface area contributed by atoms with Gasteiger partial charge in [0.15, 0.2) is 11.5 Å². The number of thiazole rings is 1. The van der Waals surface area contributed by atoms with Crippen LogP contribution in [0.15, 0.2) is 47.8 Å². The lowest BCUT2D eigenvalue weighted by Crippen LogP contribution is -2.36. The van der Waals surface area contributed by atoms with Crippen molar-refractivity contribution in [1.82, 2.24) is 10.3 Å². The van der Waals surface area contributed by atoms with Gasteiger partial charge in [0.05, 0.1) is 26.9 Å². The highest BCUT2D eigenvalue weighted by molar-refractivity contribution is 7.13. The number of benzene rings is 2. The van der Waals surface area contributed by atoms with E-state index in [1.165, 1.54) is 11.3 Å². The largest absolute Gasteiger partial charge is 0.496 e. The maximum Gasteiger partial charge on any atom is 0.270 e. The number of carbonyl (C=O) groups excluding carboxylic acids is 1. The number of rotatable bonds is 8. The van der Waals surface area contributed by atoms with E-state index in [2.05, 4.69) is 24.1 Å². The van der Waals surface area contributed by atoms with Crippen LogP contribution in [0.1, 0.15) is 29.9 Å². The summed E-state index contributed by atoms with van der Waals surface area (Å²) in [6.07, 6.45) is 0. The van der Waals surface area contributed by atoms with Gasteiger partial charge in [-0.25, -0.2) is 4.98 Å². The van der Waals surface area contributed by atoms with Gasteiger partial charge in [0.2, 0.25) is 0 Å². The number of hydrogen-bond acceptors (Lipinski definition) is 6. The maximum atomic E-state index is 12.7. The van der Waals surface area contributed by atoms with Gasteiger partial charge in [-0.2, -0.15) is 0 Å². The van der Waals surface area contributed by atoms with Crippen molar-refractivity contribution < 1.29 is 19.0 Å². The second kappa shape index (κ2) is 9.17. The van der Waals surface area contributed by atoms with Gasteiger partial charge in [-0.05, 0) is 29.8 Å². The minimum atomic E-state index is -0.309. The first kappa shape index (κ1) is 21.6. The van der Waals surface area contributed by atoms with E-state index in [4.69, 9.17) is 14.2 Å². The summed E-state index contributed by atoms with van der Waals surface area (Å²) in [7, 11) is 4.84. The van der Waals surface area contributed by atoms with Gasteiger partial charge in [-0.3, -0.25) is 4.79 Å². The molecule has 0 saturated heterocycles. The van der Waals surface area contributed by atoms with E-state index in [0.717, 1.165) is 21.9 Å². The summed E-state index contributed by atoms with van der Waals surface area (Å²) in [4.78, 5) is 17.2. The molecular formula is C23H26N2O4S. The van der Waals surface area contributed by atoms with Crippen LogP contribution in [0.4, 0.5) is 0 Å². The molecule has 30 heavy (non-hydrogen) atoms. The molecule has 0 bridgehead atoms. The minimum Gasteiger partial charge on any atom is -0.496 e. The lowest BCUT2D eigenvalue weighted by Gasteiger charge is -2.26. The lowest BCUT2D eigenvalue weighted by atomic mass is 9.84. The fraction of sp³-hybridized carbons (Fsp3) is 0.304. The monoisotopic (exact) mass is 426 g/mol. The Morgan fingerprint density at radius 2 is 1.70 bits per heavy atom. The van der Waals surface area contributed by atoms with E-state index in [1.54, 1.807) is 26.7 Å². The summed E-state index contributed by atoms with van der Waals surface area (Å²) < 4.78 is 16.1. The van der Waals surface area contributed by atoms with Crippen LogP contribution in [-0.2, 0) is 5.41 Å². The third kappa shape index (κ3) is 4.57. The molecule has 1 N–H and O–H groups in total. The Balaban J connectivity index is 1.72. The first-order chi connectivity index (χ1) is 14.4. The molecule has 3 rings (SSSR count). The van der Waals surface area contributed by atoms with Crippen molar-refractivity contribution in [2.75, 3.05) is 27.9 Å².